The minimum atomic E-state index is 0.411. The first-order valence-electron chi connectivity index (χ1n) is 4.86. The summed E-state index contributed by atoms with van der Waals surface area (Å²) in [7, 11) is 2.10. The molecular formula is C11H13BO. The van der Waals surface area contributed by atoms with Crippen molar-refractivity contribution in [2.45, 2.75) is 25.7 Å². The van der Waals surface area contributed by atoms with Crippen LogP contribution in [-0.4, -0.2) is 13.6 Å². The molecule has 0 radical (unpaired) electrons. The van der Waals surface area contributed by atoms with Gasteiger partial charge in [0.15, 0.2) is 0 Å². The predicted molar refractivity (Wildman–Crippen MR) is 56.3 cm³/mol. The van der Waals surface area contributed by atoms with Crippen molar-refractivity contribution in [1.82, 2.24) is 0 Å². The molecule has 0 spiro atoms. The standard InChI is InChI=1S/C11H13BO/c12-10-4-1-8-2-5-11(13)6-3-9(8)7-10/h1,4,7H,2-3,5-6,12H2. The molecule has 0 amide bonds. The zero-order valence-corrected chi connectivity index (χ0v) is 7.97. The normalized spacial score (nSPS) is 16.5. The van der Waals surface area contributed by atoms with Crippen molar-refractivity contribution in [3.05, 3.63) is 29.3 Å². The Morgan fingerprint density at radius 3 is 2.46 bits per heavy atom. The van der Waals surface area contributed by atoms with E-state index < -0.39 is 0 Å². The topological polar surface area (TPSA) is 17.1 Å². The Morgan fingerprint density at radius 2 is 1.69 bits per heavy atom. The molecule has 0 aliphatic heterocycles. The van der Waals surface area contributed by atoms with Crippen molar-refractivity contribution in [2.24, 2.45) is 0 Å². The van der Waals surface area contributed by atoms with Crippen LogP contribution >= 0.6 is 0 Å². The van der Waals surface area contributed by atoms with Crippen molar-refractivity contribution >= 4 is 19.1 Å². The van der Waals surface area contributed by atoms with Crippen LogP contribution in [-0.2, 0) is 17.6 Å². The van der Waals surface area contributed by atoms with Gasteiger partial charge >= 0.3 is 0 Å². The van der Waals surface area contributed by atoms with E-state index in [9.17, 15) is 4.79 Å². The molecule has 0 fully saturated rings. The molecule has 1 aromatic carbocycles. The fourth-order valence-corrected chi connectivity index (χ4v) is 1.90. The highest BCUT2D eigenvalue weighted by atomic mass is 16.1. The molecule has 0 aromatic heterocycles. The van der Waals surface area contributed by atoms with Gasteiger partial charge in [0.25, 0.3) is 0 Å². The third-order valence-corrected chi connectivity index (χ3v) is 2.71. The number of aryl methyl sites for hydroxylation is 2. The Balaban J connectivity index is 2.35. The van der Waals surface area contributed by atoms with Gasteiger partial charge in [-0.05, 0) is 24.0 Å². The van der Waals surface area contributed by atoms with Gasteiger partial charge in [0.2, 0.25) is 0 Å². The summed E-state index contributed by atoms with van der Waals surface area (Å²) in [4.78, 5) is 11.2. The van der Waals surface area contributed by atoms with E-state index in [2.05, 4.69) is 26.0 Å². The molecule has 0 unspecified atom stereocenters. The Morgan fingerprint density at radius 1 is 1.00 bits per heavy atom. The second-order valence-electron chi connectivity index (χ2n) is 3.81. The average molecular weight is 172 g/mol. The van der Waals surface area contributed by atoms with E-state index in [1.807, 2.05) is 0 Å². The van der Waals surface area contributed by atoms with E-state index in [1.165, 1.54) is 16.6 Å². The maximum atomic E-state index is 11.2. The molecule has 0 saturated carbocycles. The second-order valence-corrected chi connectivity index (χ2v) is 3.81. The quantitative estimate of drug-likeness (QED) is 0.408. The van der Waals surface area contributed by atoms with Crippen LogP contribution in [0, 0.1) is 0 Å². The Bertz CT molecular complexity index is 344. The lowest BCUT2D eigenvalue weighted by Gasteiger charge is -2.05. The number of ketones is 1. The van der Waals surface area contributed by atoms with Gasteiger partial charge in [-0.2, -0.15) is 0 Å². The SMILES string of the molecule is Bc1ccc2c(c1)CCC(=O)CC2. The molecule has 1 aromatic rings. The van der Waals surface area contributed by atoms with Crippen LogP contribution in [0.1, 0.15) is 24.0 Å². The first-order chi connectivity index (χ1) is 6.25. The van der Waals surface area contributed by atoms with Crippen LogP contribution < -0.4 is 5.46 Å². The number of carbonyl (C=O) groups excluding carboxylic acids is 1. The monoisotopic (exact) mass is 172 g/mol. The Kier molecular flexibility index (Phi) is 2.21. The van der Waals surface area contributed by atoms with Crippen molar-refractivity contribution < 1.29 is 4.79 Å². The number of Topliss-reactive ketones (excluding diaryl/α,β-unsaturated/α-hetero) is 1. The van der Waals surface area contributed by atoms with E-state index in [4.69, 9.17) is 0 Å². The maximum absolute atomic E-state index is 11.2. The summed E-state index contributed by atoms with van der Waals surface area (Å²) in [6.07, 6.45) is 3.34. The zero-order chi connectivity index (χ0) is 9.26. The summed E-state index contributed by atoms with van der Waals surface area (Å²) in [5.41, 5.74) is 4.05. The molecule has 13 heavy (non-hydrogen) atoms. The number of carbonyl (C=O) groups is 1. The van der Waals surface area contributed by atoms with Crippen molar-refractivity contribution in [1.29, 1.82) is 0 Å². The summed E-state index contributed by atoms with van der Waals surface area (Å²) in [5.74, 6) is 0.411. The van der Waals surface area contributed by atoms with Gasteiger partial charge in [-0.1, -0.05) is 23.7 Å². The first-order valence-corrected chi connectivity index (χ1v) is 4.86. The summed E-state index contributed by atoms with van der Waals surface area (Å²) in [5, 5.41) is 0. The Hall–Kier alpha value is -1.05. The van der Waals surface area contributed by atoms with Gasteiger partial charge in [-0.15, -0.1) is 0 Å². The number of benzene rings is 1. The molecule has 66 valence electrons. The predicted octanol–water partition coefficient (Wildman–Crippen LogP) is 0.393. The van der Waals surface area contributed by atoms with E-state index >= 15 is 0 Å². The molecule has 0 saturated heterocycles. The molecule has 1 aliphatic carbocycles. The van der Waals surface area contributed by atoms with Crippen LogP contribution in [0.3, 0.4) is 0 Å². The lowest BCUT2D eigenvalue weighted by molar-refractivity contribution is -0.118. The van der Waals surface area contributed by atoms with E-state index in [0.717, 1.165) is 25.7 Å². The van der Waals surface area contributed by atoms with Crippen molar-refractivity contribution in [3.63, 3.8) is 0 Å². The minimum Gasteiger partial charge on any atom is -0.300 e. The largest absolute Gasteiger partial charge is 0.300 e. The van der Waals surface area contributed by atoms with Gasteiger partial charge in [-0.25, -0.2) is 0 Å². The molecule has 2 heteroatoms. The molecule has 2 rings (SSSR count). The molecule has 0 atom stereocenters. The van der Waals surface area contributed by atoms with Gasteiger partial charge in [0, 0.05) is 12.8 Å². The van der Waals surface area contributed by atoms with Crippen LogP contribution in [0.4, 0.5) is 0 Å². The van der Waals surface area contributed by atoms with Gasteiger partial charge in [0.05, 0.1) is 0 Å². The molecular weight excluding hydrogens is 159 g/mol. The van der Waals surface area contributed by atoms with Crippen LogP contribution in [0.25, 0.3) is 0 Å². The first kappa shape index (κ1) is 8.55. The van der Waals surface area contributed by atoms with Crippen LogP contribution in [0.15, 0.2) is 18.2 Å². The van der Waals surface area contributed by atoms with Crippen LogP contribution in [0.2, 0.25) is 0 Å². The van der Waals surface area contributed by atoms with Gasteiger partial charge in [0.1, 0.15) is 13.6 Å². The van der Waals surface area contributed by atoms with E-state index in [0.29, 0.717) is 5.78 Å². The lowest BCUT2D eigenvalue weighted by Crippen LogP contribution is -2.04. The average Bonchev–Trinajstić information content (AvgIpc) is 2.29. The maximum Gasteiger partial charge on any atom is 0.139 e. The highest BCUT2D eigenvalue weighted by Crippen LogP contribution is 2.17. The third kappa shape index (κ3) is 1.82. The molecule has 1 nitrogen and oxygen atoms in total. The van der Waals surface area contributed by atoms with Crippen molar-refractivity contribution in [2.75, 3.05) is 0 Å². The highest BCUT2D eigenvalue weighted by molar-refractivity contribution is 6.32. The summed E-state index contributed by atoms with van der Waals surface area (Å²) >= 11 is 0. The van der Waals surface area contributed by atoms with Gasteiger partial charge < -0.3 is 0 Å². The van der Waals surface area contributed by atoms with Crippen molar-refractivity contribution in [3.8, 4) is 0 Å². The number of hydrogen-bond acceptors (Lipinski definition) is 1. The van der Waals surface area contributed by atoms with E-state index in [-0.39, 0.29) is 0 Å². The second kappa shape index (κ2) is 3.37. The lowest BCUT2D eigenvalue weighted by atomic mass is 9.90. The fourth-order valence-electron chi connectivity index (χ4n) is 1.90. The number of rotatable bonds is 0. The smallest absolute Gasteiger partial charge is 0.139 e. The number of fused-ring (bicyclic) bond motifs is 1. The third-order valence-electron chi connectivity index (χ3n) is 2.71. The molecule has 0 bridgehead atoms. The fraction of sp³-hybridized carbons (Fsp3) is 0.364. The summed E-state index contributed by atoms with van der Waals surface area (Å²) in [6.45, 7) is 0. The minimum absolute atomic E-state index is 0.411. The highest BCUT2D eigenvalue weighted by Gasteiger charge is 2.12. The Labute approximate surface area is 79.6 Å². The molecule has 0 N–H and O–H groups in total. The number of hydrogen-bond donors (Lipinski definition) is 0. The van der Waals surface area contributed by atoms with Gasteiger partial charge in [-0.3, -0.25) is 4.79 Å². The zero-order valence-electron chi connectivity index (χ0n) is 7.97. The summed E-state index contributed by atoms with van der Waals surface area (Å²) < 4.78 is 0. The van der Waals surface area contributed by atoms with E-state index in [1.54, 1.807) is 0 Å². The summed E-state index contributed by atoms with van der Waals surface area (Å²) in [6, 6.07) is 6.52. The van der Waals surface area contributed by atoms with Crippen LogP contribution in [0.5, 0.6) is 0 Å². The molecule has 0 heterocycles. The molecule has 1 aliphatic rings.